The Hall–Kier alpha value is -1.06. The summed E-state index contributed by atoms with van der Waals surface area (Å²) in [7, 11) is 1.65. The van der Waals surface area contributed by atoms with E-state index >= 15 is 0 Å². The molecule has 0 fully saturated rings. The van der Waals surface area contributed by atoms with Crippen LogP contribution < -0.4 is 4.74 Å². The van der Waals surface area contributed by atoms with Gasteiger partial charge in [0, 0.05) is 5.54 Å². The van der Waals surface area contributed by atoms with Gasteiger partial charge in [0.05, 0.1) is 13.2 Å². The number of aliphatic hydroxyl groups is 1. The average Bonchev–Trinajstić information content (AvgIpc) is 2.47. The fourth-order valence-electron chi connectivity index (χ4n) is 2.71. The van der Waals surface area contributed by atoms with E-state index in [1.165, 1.54) is 0 Å². The van der Waals surface area contributed by atoms with E-state index in [-0.39, 0.29) is 5.54 Å². The summed E-state index contributed by atoms with van der Waals surface area (Å²) >= 11 is 0. The molecule has 108 valence electrons. The number of nitrogens with zero attached hydrogens (tertiary/aromatic N) is 1. The molecule has 0 heterocycles. The Morgan fingerprint density at radius 1 is 1.26 bits per heavy atom. The first-order chi connectivity index (χ1) is 9.03. The number of likely N-dealkylation sites (N-methyl/N-ethyl adjacent to an activating group) is 1. The summed E-state index contributed by atoms with van der Waals surface area (Å²) in [5.41, 5.74) is 0.658. The van der Waals surface area contributed by atoms with E-state index < -0.39 is 6.10 Å². The Bertz CT molecular complexity index is 390. The molecule has 0 bridgehead atoms. The molecule has 1 N–H and O–H groups in total. The van der Waals surface area contributed by atoms with Crippen molar-refractivity contribution in [2.75, 3.05) is 20.2 Å². The van der Waals surface area contributed by atoms with Crippen LogP contribution in [0.5, 0.6) is 5.75 Å². The van der Waals surface area contributed by atoms with Crippen molar-refractivity contribution in [3.05, 3.63) is 29.8 Å². The van der Waals surface area contributed by atoms with Crippen LogP contribution in [0.4, 0.5) is 0 Å². The van der Waals surface area contributed by atoms with Gasteiger partial charge in [-0.2, -0.15) is 0 Å². The fourth-order valence-corrected chi connectivity index (χ4v) is 2.71. The van der Waals surface area contributed by atoms with Crippen molar-refractivity contribution in [1.82, 2.24) is 4.90 Å². The molecule has 0 aromatic heterocycles. The summed E-state index contributed by atoms with van der Waals surface area (Å²) in [4.78, 5) is 2.32. The van der Waals surface area contributed by atoms with Crippen LogP contribution in [0.3, 0.4) is 0 Å². The van der Waals surface area contributed by atoms with Gasteiger partial charge in [-0.25, -0.2) is 0 Å². The van der Waals surface area contributed by atoms with Crippen LogP contribution >= 0.6 is 0 Å². The number of benzene rings is 1. The van der Waals surface area contributed by atoms with Crippen molar-refractivity contribution in [3.63, 3.8) is 0 Å². The molecule has 0 aliphatic carbocycles. The SMILES string of the molecule is CCN(CC)C(C)(CC)C(O)c1cccc(OC)c1. The second-order valence-corrected chi connectivity index (χ2v) is 5.06. The normalized spacial score (nSPS) is 16.2. The molecule has 3 heteroatoms. The van der Waals surface area contributed by atoms with E-state index in [0.717, 1.165) is 30.8 Å². The van der Waals surface area contributed by atoms with Crippen LogP contribution in [0.25, 0.3) is 0 Å². The molecule has 0 aliphatic rings. The highest BCUT2D eigenvalue weighted by Crippen LogP contribution is 2.35. The third kappa shape index (κ3) is 3.28. The number of hydrogen-bond acceptors (Lipinski definition) is 3. The second kappa shape index (κ2) is 6.92. The Kier molecular flexibility index (Phi) is 5.83. The molecule has 1 aromatic carbocycles. The lowest BCUT2D eigenvalue weighted by Crippen LogP contribution is -2.50. The monoisotopic (exact) mass is 265 g/mol. The minimum atomic E-state index is -0.521. The number of ether oxygens (including phenoxy) is 1. The topological polar surface area (TPSA) is 32.7 Å². The summed E-state index contributed by atoms with van der Waals surface area (Å²) in [5.74, 6) is 0.787. The van der Waals surface area contributed by atoms with Gasteiger partial charge in [-0.05, 0) is 44.1 Å². The third-order valence-corrected chi connectivity index (χ3v) is 4.20. The highest BCUT2D eigenvalue weighted by atomic mass is 16.5. The average molecular weight is 265 g/mol. The van der Waals surface area contributed by atoms with E-state index in [1.54, 1.807) is 7.11 Å². The number of methoxy groups -OCH3 is 1. The molecule has 2 unspecified atom stereocenters. The van der Waals surface area contributed by atoms with Gasteiger partial charge in [0.1, 0.15) is 5.75 Å². The van der Waals surface area contributed by atoms with Crippen molar-refractivity contribution in [2.24, 2.45) is 0 Å². The molecule has 0 aliphatic heterocycles. The second-order valence-electron chi connectivity index (χ2n) is 5.06. The maximum Gasteiger partial charge on any atom is 0.119 e. The highest BCUT2D eigenvalue weighted by Gasteiger charge is 2.36. The highest BCUT2D eigenvalue weighted by molar-refractivity contribution is 5.31. The molecule has 19 heavy (non-hydrogen) atoms. The molecular weight excluding hydrogens is 238 g/mol. The van der Waals surface area contributed by atoms with Gasteiger partial charge in [-0.15, -0.1) is 0 Å². The van der Waals surface area contributed by atoms with Crippen LogP contribution in [-0.2, 0) is 0 Å². The number of hydrogen-bond donors (Lipinski definition) is 1. The van der Waals surface area contributed by atoms with Crippen molar-refractivity contribution in [2.45, 2.75) is 45.8 Å². The fraction of sp³-hybridized carbons (Fsp3) is 0.625. The third-order valence-electron chi connectivity index (χ3n) is 4.20. The van der Waals surface area contributed by atoms with Gasteiger partial charge < -0.3 is 9.84 Å². The van der Waals surface area contributed by atoms with Crippen LogP contribution in [0.1, 0.15) is 45.8 Å². The zero-order chi connectivity index (χ0) is 14.5. The maximum atomic E-state index is 10.8. The number of aliphatic hydroxyl groups excluding tert-OH is 1. The molecule has 0 amide bonds. The Balaban J connectivity index is 3.09. The molecule has 1 aromatic rings. The van der Waals surface area contributed by atoms with Gasteiger partial charge >= 0.3 is 0 Å². The van der Waals surface area contributed by atoms with Crippen LogP contribution in [0, 0.1) is 0 Å². The zero-order valence-electron chi connectivity index (χ0n) is 12.8. The molecule has 1 rings (SSSR count). The van der Waals surface area contributed by atoms with Crippen LogP contribution in [0.15, 0.2) is 24.3 Å². The molecule has 0 saturated heterocycles. The van der Waals surface area contributed by atoms with Crippen molar-refractivity contribution in [1.29, 1.82) is 0 Å². The van der Waals surface area contributed by atoms with Gasteiger partial charge in [-0.1, -0.05) is 32.9 Å². The van der Waals surface area contributed by atoms with E-state index in [9.17, 15) is 5.11 Å². The first-order valence-corrected chi connectivity index (χ1v) is 7.10. The minimum absolute atomic E-state index is 0.254. The van der Waals surface area contributed by atoms with Crippen molar-refractivity contribution in [3.8, 4) is 5.75 Å². The summed E-state index contributed by atoms with van der Waals surface area (Å²) < 4.78 is 5.24. The van der Waals surface area contributed by atoms with E-state index in [2.05, 4.69) is 32.6 Å². The Morgan fingerprint density at radius 2 is 1.89 bits per heavy atom. The Morgan fingerprint density at radius 3 is 2.37 bits per heavy atom. The van der Waals surface area contributed by atoms with Gasteiger partial charge in [0.15, 0.2) is 0 Å². The molecule has 0 radical (unpaired) electrons. The lowest BCUT2D eigenvalue weighted by atomic mass is 9.85. The summed E-state index contributed by atoms with van der Waals surface area (Å²) in [5, 5.41) is 10.8. The first-order valence-electron chi connectivity index (χ1n) is 7.10. The lowest BCUT2D eigenvalue weighted by molar-refractivity contribution is -0.0214. The predicted octanol–water partition coefficient (Wildman–Crippen LogP) is 3.24. The minimum Gasteiger partial charge on any atom is -0.497 e. The zero-order valence-corrected chi connectivity index (χ0v) is 12.8. The van der Waals surface area contributed by atoms with Crippen LogP contribution in [-0.4, -0.2) is 35.7 Å². The lowest BCUT2D eigenvalue weighted by Gasteiger charge is -2.43. The van der Waals surface area contributed by atoms with Gasteiger partial charge in [0.2, 0.25) is 0 Å². The summed E-state index contributed by atoms with van der Waals surface area (Å²) in [6.07, 6.45) is 0.375. The van der Waals surface area contributed by atoms with Gasteiger partial charge in [-0.3, -0.25) is 4.90 Å². The molecule has 0 spiro atoms. The quantitative estimate of drug-likeness (QED) is 0.821. The molecule has 0 saturated carbocycles. The van der Waals surface area contributed by atoms with E-state index in [1.807, 2.05) is 24.3 Å². The standard InChI is InChI=1S/C16H27NO2/c1-6-16(4,17(7-2)8-3)15(18)13-10-9-11-14(12-13)19-5/h9-12,15,18H,6-8H2,1-5H3. The van der Waals surface area contributed by atoms with E-state index in [4.69, 9.17) is 4.74 Å². The van der Waals surface area contributed by atoms with Crippen molar-refractivity contribution < 1.29 is 9.84 Å². The summed E-state index contributed by atoms with van der Waals surface area (Å²) in [6.45, 7) is 10.4. The van der Waals surface area contributed by atoms with Gasteiger partial charge in [0.25, 0.3) is 0 Å². The molecule has 2 atom stereocenters. The molecular formula is C16H27NO2. The molecule has 3 nitrogen and oxygen atoms in total. The largest absolute Gasteiger partial charge is 0.497 e. The first kappa shape index (κ1) is 16.0. The van der Waals surface area contributed by atoms with Crippen LogP contribution in [0.2, 0.25) is 0 Å². The number of rotatable bonds is 7. The summed E-state index contributed by atoms with van der Waals surface area (Å²) in [6, 6.07) is 7.71. The Labute approximate surface area is 117 Å². The predicted molar refractivity (Wildman–Crippen MR) is 79.6 cm³/mol. The van der Waals surface area contributed by atoms with Crippen molar-refractivity contribution >= 4 is 0 Å². The maximum absolute atomic E-state index is 10.8. The smallest absolute Gasteiger partial charge is 0.119 e. The van der Waals surface area contributed by atoms with E-state index in [0.29, 0.717) is 0 Å².